The molecule has 0 radical (unpaired) electrons. The van der Waals surface area contributed by atoms with Crippen molar-refractivity contribution in [2.24, 2.45) is 5.73 Å². The molecular weight excluding hydrogens is 239 g/mol. The molecule has 0 fully saturated rings. The van der Waals surface area contributed by atoms with Crippen LogP contribution in [0.5, 0.6) is 0 Å². The maximum absolute atomic E-state index is 15.3. The maximum atomic E-state index is 15.3. The van der Waals surface area contributed by atoms with Crippen molar-refractivity contribution in [2.45, 2.75) is 18.1 Å². The second-order valence-electron chi connectivity index (χ2n) is 4.99. The van der Waals surface area contributed by atoms with Crippen LogP contribution in [0, 0.1) is 0 Å². The second kappa shape index (κ2) is 4.67. The van der Waals surface area contributed by atoms with Gasteiger partial charge in [-0.3, -0.25) is 0 Å². The standard InChI is InChI=1S/C16H17FN2/c17-16(11-18,13-7-2-1-3-8-13)15-10-12-6-4-5-9-14(12)19-15/h1-9,15,19H,10-11,18H2. The minimum absolute atomic E-state index is 0.0251. The summed E-state index contributed by atoms with van der Waals surface area (Å²) in [6, 6.07) is 16.8. The molecule has 0 spiro atoms. The fourth-order valence-electron chi connectivity index (χ4n) is 2.75. The highest BCUT2D eigenvalue weighted by Crippen LogP contribution is 2.37. The van der Waals surface area contributed by atoms with E-state index in [9.17, 15) is 0 Å². The Balaban J connectivity index is 1.93. The summed E-state index contributed by atoms with van der Waals surface area (Å²) in [5.74, 6) is 0. The Morgan fingerprint density at radius 3 is 2.47 bits per heavy atom. The van der Waals surface area contributed by atoms with E-state index in [4.69, 9.17) is 5.73 Å². The van der Waals surface area contributed by atoms with Gasteiger partial charge >= 0.3 is 0 Å². The van der Waals surface area contributed by atoms with Gasteiger partial charge in [0.15, 0.2) is 5.67 Å². The second-order valence-corrected chi connectivity index (χ2v) is 4.99. The molecule has 0 amide bonds. The number of nitrogens with one attached hydrogen (secondary N) is 1. The van der Waals surface area contributed by atoms with Gasteiger partial charge in [-0.25, -0.2) is 4.39 Å². The van der Waals surface area contributed by atoms with Gasteiger partial charge in [-0.1, -0.05) is 48.5 Å². The average molecular weight is 256 g/mol. The average Bonchev–Trinajstić information content (AvgIpc) is 2.92. The van der Waals surface area contributed by atoms with Crippen LogP contribution in [0.4, 0.5) is 10.1 Å². The van der Waals surface area contributed by atoms with Crippen molar-refractivity contribution in [3.63, 3.8) is 0 Å². The number of nitrogens with two attached hydrogens (primary N) is 1. The predicted octanol–water partition coefficient (Wildman–Crippen LogP) is 2.85. The van der Waals surface area contributed by atoms with Gasteiger partial charge in [0.05, 0.1) is 6.04 Å². The lowest BCUT2D eigenvalue weighted by atomic mass is 9.86. The van der Waals surface area contributed by atoms with Gasteiger partial charge in [-0.2, -0.15) is 0 Å². The van der Waals surface area contributed by atoms with Crippen LogP contribution in [0.1, 0.15) is 11.1 Å². The number of anilines is 1. The summed E-state index contributed by atoms with van der Waals surface area (Å²) in [6.45, 7) is -0.0251. The molecule has 0 aromatic heterocycles. The first-order chi connectivity index (χ1) is 9.24. The molecular formula is C16H17FN2. The molecule has 1 heterocycles. The number of para-hydroxylation sites is 1. The number of hydrogen-bond acceptors (Lipinski definition) is 2. The molecule has 2 nitrogen and oxygen atoms in total. The van der Waals surface area contributed by atoms with Crippen LogP contribution in [0.2, 0.25) is 0 Å². The SMILES string of the molecule is NCC(F)(c1ccccc1)C1Cc2ccccc2N1. The van der Waals surface area contributed by atoms with Crippen LogP contribution < -0.4 is 11.1 Å². The molecule has 0 aliphatic carbocycles. The van der Waals surface area contributed by atoms with Crippen molar-refractivity contribution in [1.82, 2.24) is 0 Å². The lowest BCUT2D eigenvalue weighted by Gasteiger charge is -2.31. The van der Waals surface area contributed by atoms with E-state index in [1.165, 1.54) is 0 Å². The third-order valence-corrected chi connectivity index (χ3v) is 3.87. The molecule has 3 N–H and O–H groups in total. The Morgan fingerprint density at radius 1 is 1.11 bits per heavy atom. The van der Waals surface area contributed by atoms with Gasteiger partial charge in [0.2, 0.25) is 0 Å². The first-order valence-corrected chi connectivity index (χ1v) is 6.53. The van der Waals surface area contributed by atoms with Crippen molar-refractivity contribution in [2.75, 3.05) is 11.9 Å². The van der Waals surface area contributed by atoms with Crippen LogP contribution in [-0.2, 0) is 12.1 Å². The van der Waals surface area contributed by atoms with Crippen molar-refractivity contribution >= 4 is 5.69 Å². The normalized spacial score (nSPS) is 20.4. The quantitative estimate of drug-likeness (QED) is 0.886. The fourth-order valence-corrected chi connectivity index (χ4v) is 2.75. The minimum Gasteiger partial charge on any atom is -0.378 e. The summed E-state index contributed by atoms with van der Waals surface area (Å²) in [7, 11) is 0. The smallest absolute Gasteiger partial charge is 0.168 e. The molecule has 2 aromatic carbocycles. The van der Waals surface area contributed by atoms with Crippen LogP contribution >= 0.6 is 0 Å². The lowest BCUT2D eigenvalue weighted by Crippen LogP contribution is -2.45. The Bertz CT molecular complexity index is 545. The van der Waals surface area contributed by atoms with Gasteiger partial charge in [0, 0.05) is 12.2 Å². The van der Waals surface area contributed by atoms with Crippen molar-refractivity contribution < 1.29 is 4.39 Å². The summed E-state index contributed by atoms with van der Waals surface area (Å²) in [4.78, 5) is 0. The van der Waals surface area contributed by atoms with E-state index < -0.39 is 5.67 Å². The number of fused-ring (bicyclic) bond motifs is 1. The zero-order valence-electron chi connectivity index (χ0n) is 10.6. The molecule has 0 saturated carbocycles. The molecule has 0 saturated heterocycles. The van der Waals surface area contributed by atoms with Gasteiger partial charge < -0.3 is 11.1 Å². The van der Waals surface area contributed by atoms with Crippen molar-refractivity contribution in [3.8, 4) is 0 Å². The van der Waals surface area contributed by atoms with Crippen LogP contribution in [0.3, 0.4) is 0 Å². The third-order valence-electron chi connectivity index (χ3n) is 3.87. The summed E-state index contributed by atoms with van der Waals surface area (Å²) in [6.07, 6.45) is 0.665. The predicted molar refractivity (Wildman–Crippen MR) is 75.8 cm³/mol. The van der Waals surface area contributed by atoms with E-state index in [1.54, 1.807) is 12.1 Å². The molecule has 3 rings (SSSR count). The monoisotopic (exact) mass is 256 g/mol. The zero-order valence-corrected chi connectivity index (χ0v) is 10.6. The highest BCUT2D eigenvalue weighted by molar-refractivity contribution is 5.58. The molecule has 1 aliphatic heterocycles. The highest BCUT2D eigenvalue weighted by atomic mass is 19.1. The van der Waals surface area contributed by atoms with E-state index in [0.29, 0.717) is 12.0 Å². The number of benzene rings is 2. The maximum Gasteiger partial charge on any atom is 0.168 e. The Hall–Kier alpha value is -1.87. The molecule has 1 aliphatic rings. The lowest BCUT2D eigenvalue weighted by molar-refractivity contribution is 0.147. The fraction of sp³-hybridized carbons (Fsp3) is 0.250. The van der Waals surface area contributed by atoms with Gasteiger partial charge in [0.1, 0.15) is 0 Å². The van der Waals surface area contributed by atoms with Gasteiger partial charge in [-0.05, 0) is 23.6 Å². The topological polar surface area (TPSA) is 38.0 Å². The molecule has 2 aromatic rings. The Labute approximate surface area is 112 Å². The highest BCUT2D eigenvalue weighted by Gasteiger charge is 2.42. The van der Waals surface area contributed by atoms with E-state index in [1.807, 2.05) is 42.5 Å². The van der Waals surface area contributed by atoms with Crippen LogP contribution in [0.25, 0.3) is 0 Å². The zero-order chi connectivity index (χ0) is 13.3. The molecule has 19 heavy (non-hydrogen) atoms. The molecule has 98 valence electrons. The number of rotatable bonds is 3. The minimum atomic E-state index is -1.54. The van der Waals surface area contributed by atoms with Gasteiger partial charge in [0.25, 0.3) is 0 Å². The number of alkyl halides is 1. The first kappa shape index (κ1) is 12.2. The molecule has 0 bridgehead atoms. The number of halogens is 1. The summed E-state index contributed by atoms with van der Waals surface area (Å²) in [5.41, 5.74) is 7.00. The van der Waals surface area contributed by atoms with E-state index >= 15 is 4.39 Å². The van der Waals surface area contributed by atoms with E-state index in [-0.39, 0.29) is 12.6 Å². The number of hydrogen-bond donors (Lipinski definition) is 2. The van der Waals surface area contributed by atoms with Crippen molar-refractivity contribution in [1.29, 1.82) is 0 Å². The van der Waals surface area contributed by atoms with Crippen molar-refractivity contribution in [3.05, 3.63) is 65.7 Å². The van der Waals surface area contributed by atoms with Crippen LogP contribution in [0.15, 0.2) is 54.6 Å². The summed E-state index contributed by atoms with van der Waals surface area (Å²) >= 11 is 0. The third kappa shape index (κ3) is 2.00. The van der Waals surface area contributed by atoms with Gasteiger partial charge in [-0.15, -0.1) is 0 Å². The Morgan fingerprint density at radius 2 is 1.79 bits per heavy atom. The molecule has 2 unspecified atom stereocenters. The Kier molecular flexibility index (Phi) is 2.99. The summed E-state index contributed by atoms with van der Waals surface area (Å²) < 4.78 is 15.3. The van der Waals surface area contributed by atoms with Crippen LogP contribution in [-0.4, -0.2) is 12.6 Å². The largest absolute Gasteiger partial charge is 0.378 e. The van der Waals surface area contributed by atoms with E-state index in [2.05, 4.69) is 5.32 Å². The molecule has 3 heteroatoms. The summed E-state index contributed by atoms with van der Waals surface area (Å²) in [5, 5.41) is 3.27. The first-order valence-electron chi connectivity index (χ1n) is 6.53. The molecule has 2 atom stereocenters. The van der Waals surface area contributed by atoms with E-state index in [0.717, 1.165) is 11.3 Å².